The summed E-state index contributed by atoms with van der Waals surface area (Å²) in [6.45, 7) is -2.96. The van der Waals surface area contributed by atoms with Gasteiger partial charge in [0.25, 0.3) is 0 Å². The monoisotopic (exact) mass is 360 g/mol. The van der Waals surface area contributed by atoms with E-state index in [0.29, 0.717) is 5.56 Å². The molecule has 0 amide bonds. The van der Waals surface area contributed by atoms with Crippen LogP contribution in [-0.2, 0) is 6.42 Å². The number of rotatable bonds is 5. The minimum absolute atomic E-state index is 0.0684. The molecule has 0 heterocycles. The van der Waals surface area contributed by atoms with Crippen molar-refractivity contribution >= 4 is 15.9 Å². The molecule has 1 N–H and O–H groups in total. The second-order valence-electron chi connectivity index (χ2n) is 4.38. The van der Waals surface area contributed by atoms with Crippen LogP contribution in [0.2, 0.25) is 0 Å². The Morgan fingerprint density at radius 1 is 1.14 bits per heavy atom. The van der Waals surface area contributed by atoms with Gasteiger partial charge < -0.3 is 9.84 Å². The third-order valence-electron chi connectivity index (χ3n) is 2.91. The Balaban J connectivity index is 2.19. The number of benzene rings is 2. The van der Waals surface area contributed by atoms with Crippen LogP contribution in [-0.4, -0.2) is 11.7 Å². The van der Waals surface area contributed by atoms with Crippen LogP contribution in [0.15, 0.2) is 46.9 Å². The Kier molecular flexibility index (Phi) is 5.25. The lowest BCUT2D eigenvalue weighted by atomic mass is 10.0. The summed E-state index contributed by atoms with van der Waals surface area (Å²) in [7, 11) is 0. The molecule has 2 rings (SSSR count). The Morgan fingerprint density at radius 3 is 2.52 bits per heavy atom. The Labute approximate surface area is 128 Å². The second kappa shape index (κ2) is 6.95. The number of aliphatic hydroxyl groups excluding tert-OH is 1. The van der Waals surface area contributed by atoms with Crippen molar-refractivity contribution in [3.05, 3.63) is 63.9 Å². The van der Waals surface area contributed by atoms with Gasteiger partial charge in [-0.3, -0.25) is 0 Å². The molecule has 1 unspecified atom stereocenters. The van der Waals surface area contributed by atoms with E-state index in [-0.39, 0.29) is 22.2 Å². The maximum Gasteiger partial charge on any atom is 0.387 e. The van der Waals surface area contributed by atoms with Crippen molar-refractivity contribution in [2.24, 2.45) is 0 Å². The molecule has 0 radical (unpaired) electrons. The maximum atomic E-state index is 13.2. The Morgan fingerprint density at radius 2 is 1.86 bits per heavy atom. The number of para-hydroxylation sites is 1. The van der Waals surface area contributed by atoms with Gasteiger partial charge in [0, 0.05) is 12.0 Å². The van der Waals surface area contributed by atoms with E-state index in [2.05, 4.69) is 20.7 Å². The number of aliphatic hydroxyl groups is 1. The topological polar surface area (TPSA) is 29.5 Å². The first-order valence-electron chi connectivity index (χ1n) is 6.13. The predicted octanol–water partition coefficient (Wildman–Crippen LogP) is 4.47. The van der Waals surface area contributed by atoms with Gasteiger partial charge in [-0.2, -0.15) is 8.78 Å². The zero-order valence-corrected chi connectivity index (χ0v) is 12.4. The van der Waals surface area contributed by atoms with Gasteiger partial charge in [0.15, 0.2) is 0 Å². The number of ether oxygens (including phenoxy) is 1. The quantitative estimate of drug-likeness (QED) is 0.852. The molecule has 0 saturated heterocycles. The van der Waals surface area contributed by atoms with E-state index in [1.165, 1.54) is 30.3 Å². The molecule has 2 nitrogen and oxygen atoms in total. The van der Waals surface area contributed by atoms with Gasteiger partial charge in [0.2, 0.25) is 0 Å². The maximum absolute atomic E-state index is 13.2. The van der Waals surface area contributed by atoms with Gasteiger partial charge in [-0.05, 0) is 39.7 Å². The van der Waals surface area contributed by atoms with E-state index >= 15 is 0 Å². The second-order valence-corrected chi connectivity index (χ2v) is 5.24. The summed E-state index contributed by atoms with van der Waals surface area (Å²) >= 11 is 3.06. The van der Waals surface area contributed by atoms with Crippen LogP contribution in [0.3, 0.4) is 0 Å². The van der Waals surface area contributed by atoms with E-state index in [0.717, 1.165) is 0 Å². The third-order valence-corrected chi connectivity index (χ3v) is 3.51. The highest BCUT2D eigenvalue weighted by Crippen LogP contribution is 2.29. The van der Waals surface area contributed by atoms with E-state index in [1.54, 1.807) is 12.1 Å². The molecule has 6 heteroatoms. The molecule has 0 bridgehead atoms. The lowest BCUT2D eigenvalue weighted by molar-refractivity contribution is -0.0515. The first-order chi connectivity index (χ1) is 9.97. The van der Waals surface area contributed by atoms with Crippen molar-refractivity contribution in [2.75, 3.05) is 0 Å². The average molecular weight is 361 g/mol. The molecule has 21 heavy (non-hydrogen) atoms. The fourth-order valence-electron chi connectivity index (χ4n) is 1.96. The van der Waals surface area contributed by atoms with Gasteiger partial charge >= 0.3 is 6.61 Å². The predicted molar refractivity (Wildman–Crippen MR) is 75.8 cm³/mol. The Bertz CT molecular complexity index is 620. The van der Waals surface area contributed by atoms with Crippen molar-refractivity contribution in [1.29, 1.82) is 0 Å². The van der Waals surface area contributed by atoms with E-state index < -0.39 is 18.5 Å². The number of alkyl halides is 2. The van der Waals surface area contributed by atoms with Crippen molar-refractivity contribution in [3.8, 4) is 5.75 Å². The van der Waals surface area contributed by atoms with Crippen LogP contribution in [0.5, 0.6) is 5.75 Å². The number of hydrogen-bond donors (Lipinski definition) is 1. The molecular weight excluding hydrogens is 349 g/mol. The zero-order chi connectivity index (χ0) is 15.4. The zero-order valence-electron chi connectivity index (χ0n) is 10.8. The van der Waals surface area contributed by atoms with Crippen LogP contribution in [0.1, 0.15) is 17.2 Å². The summed E-state index contributed by atoms with van der Waals surface area (Å²) in [5.41, 5.74) is 0.931. The molecule has 0 aliphatic carbocycles. The average Bonchev–Trinajstić information content (AvgIpc) is 2.43. The van der Waals surface area contributed by atoms with Gasteiger partial charge in [0.1, 0.15) is 11.6 Å². The normalized spacial score (nSPS) is 12.5. The van der Waals surface area contributed by atoms with Crippen LogP contribution in [0, 0.1) is 5.82 Å². The third kappa shape index (κ3) is 4.22. The van der Waals surface area contributed by atoms with Gasteiger partial charge in [-0.25, -0.2) is 4.39 Å². The highest BCUT2D eigenvalue weighted by molar-refractivity contribution is 9.10. The van der Waals surface area contributed by atoms with Gasteiger partial charge in [0.05, 0.1) is 10.6 Å². The number of halogens is 4. The van der Waals surface area contributed by atoms with Crippen LogP contribution < -0.4 is 4.74 Å². The van der Waals surface area contributed by atoms with Crippen LogP contribution >= 0.6 is 15.9 Å². The fraction of sp³-hybridized carbons (Fsp3) is 0.200. The molecule has 1 atom stereocenters. The first kappa shape index (κ1) is 15.9. The lowest BCUT2D eigenvalue weighted by Gasteiger charge is -2.16. The fourth-order valence-corrected chi connectivity index (χ4v) is 2.39. The van der Waals surface area contributed by atoms with Crippen molar-refractivity contribution < 1.29 is 23.0 Å². The molecule has 2 aromatic rings. The van der Waals surface area contributed by atoms with Gasteiger partial charge in [-0.15, -0.1) is 0 Å². The molecule has 0 fully saturated rings. The Hall–Kier alpha value is -1.53. The summed E-state index contributed by atoms with van der Waals surface area (Å²) in [6, 6.07) is 10.4. The van der Waals surface area contributed by atoms with E-state index in [1.807, 2.05) is 0 Å². The highest BCUT2D eigenvalue weighted by Gasteiger charge is 2.16. The minimum Gasteiger partial charge on any atom is -0.434 e. The highest BCUT2D eigenvalue weighted by atomic mass is 79.9. The smallest absolute Gasteiger partial charge is 0.387 e. The lowest BCUT2D eigenvalue weighted by Crippen LogP contribution is -2.08. The van der Waals surface area contributed by atoms with Gasteiger partial charge in [-0.1, -0.05) is 24.3 Å². The van der Waals surface area contributed by atoms with Crippen LogP contribution in [0.25, 0.3) is 0 Å². The molecular formula is C15H12BrF3O2. The van der Waals surface area contributed by atoms with Crippen molar-refractivity contribution in [3.63, 3.8) is 0 Å². The molecule has 0 aliphatic heterocycles. The molecule has 0 aromatic heterocycles. The van der Waals surface area contributed by atoms with Crippen LogP contribution in [0.4, 0.5) is 13.2 Å². The summed E-state index contributed by atoms with van der Waals surface area (Å²) in [5, 5.41) is 10.2. The molecule has 0 aliphatic rings. The summed E-state index contributed by atoms with van der Waals surface area (Å²) < 4.78 is 42.5. The molecule has 112 valence electrons. The summed E-state index contributed by atoms with van der Waals surface area (Å²) in [5.74, 6) is -0.476. The molecule has 0 spiro atoms. The van der Waals surface area contributed by atoms with Crippen molar-refractivity contribution in [1.82, 2.24) is 0 Å². The summed E-state index contributed by atoms with van der Waals surface area (Å²) in [6.07, 6.45) is -0.875. The van der Waals surface area contributed by atoms with E-state index in [4.69, 9.17) is 0 Å². The number of hydrogen-bond acceptors (Lipinski definition) is 2. The van der Waals surface area contributed by atoms with E-state index in [9.17, 15) is 18.3 Å². The largest absolute Gasteiger partial charge is 0.434 e. The standard InChI is InChI=1S/C15H12BrF3O2/c16-11-7-9(5-6-12(11)17)8-13(20)10-3-1-2-4-14(10)21-15(18)19/h1-7,13,15,20H,8H2. The SMILES string of the molecule is OC(Cc1ccc(F)c(Br)c1)c1ccccc1OC(F)F. The first-order valence-corrected chi connectivity index (χ1v) is 6.92. The van der Waals surface area contributed by atoms with Crippen molar-refractivity contribution in [2.45, 2.75) is 19.1 Å². The minimum atomic E-state index is -2.96. The molecule has 0 saturated carbocycles. The summed E-state index contributed by atoms with van der Waals surface area (Å²) in [4.78, 5) is 0. The molecule has 2 aromatic carbocycles.